The predicted octanol–water partition coefficient (Wildman–Crippen LogP) is 9.98. The Hall–Kier alpha value is -5.67. The molecule has 7 aromatic carbocycles. The van der Waals surface area contributed by atoms with Gasteiger partial charge in [-0.1, -0.05) is 133 Å². The molecule has 0 amide bonds. The van der Waals surface area contributed by atoms with Crippen molar-refractivity contribution < 1.29 is 0 Å². The average Bonchev–Trinajstić information content (AvgIpc) is 3.42. The molecule has 1 aliphatic carbocycles. The summed E-state index contributed by atoms with van der Waals surface area (Å²) in [6.45, 7) is 0. The lowest BCUT2D eigenvalue weighted by Gasteiger charge is -2.13. The SMILES string of the molecule is c1ccc(-c2nc(-c3ccccc3)nc(-c3ccc4c5c(cccc35)-c3c-4c4ccccc4c4ccccc34)n2)cc1. The molecule has 194 valence electrons. The van der Waals surface area contributed by atoms with E-state index in [4.69, 9.17) is 15.0 Å². The summed E-state index contributed by atoms with van der Waals surface area (Å²) < 4.78 is 0. The van der Waals surface area contributed by atoms with Gasteiger partial charge in [0.15, 0.2) is 17.5 Å². The Morgan fingerprint density at radius 1 is 0.286 bits per heavy atom. The van der Waals surface area contributed by atoms with E-state index in [0.717, 1.165) is 22.1 Å². The van der Waals surface area contributed by atoms with Crippen LogP contribution < -0.4 is 0 Å². The molecular formula is C39H23N3. The summed E-state index contributed by atoms with van der Waals surface area (Å²) in [4.78, 5) is 15.0. The average molecular weight is 534 g/mol. The molecule has 3 nitrogen and oxygen atoms in total. The van der Waals surface area contributed by atoms with E-state index in [2.05, 4.69) is 78.9 Å². The number of hydrogen-bond acceptors (Lipinski definition) is 3. The second kappa shape index (κ2) is 8.92. The van der Waals surface area contributed by atoms with Gasteiger partial charge in [0.05, 0.1) is 0 Å². The zero-order valence-corrected chi connectivity index (χ0v) is 22.6. The highest BCUT2D eigenvalue weighted by molar-refractivity contribution is 6.31. The van der Waals surface area contributed by atoms with Gasteiger partial charge in [-0.2, -0.15) is 0 Å². The van der Waals surface area contributed by atoms with Gasteiger partial charge < -0.3 is 0 Å². The fourth-order valence-corrected chi connectivity index (χ4v) is 6.65. The van der Waals surface area contributed by atoms with Crippen LogP contribution in [0.2, 0.25) is 0 Å². The van der Waals surface area contributed by atoms with Crippen LogP contribution in [0.5, 0.6) is 0 Å². The Kier molecular flexibility index (Phi) is 4.90. The van der Waals surface area contributed by atoms with Gasteiger partial charge in [-0.05, 0) is 60.6 Å². The second-order valence-electron chi connectivity index (χ2n) is 10.8. The molecule has 1 aromatic heterocycles. The molecule has 0 saturated heterocycles. The molecule has 0 N–H and O–H groups in total. The molecule has 0 bridgehead atoms. The minimum absolute atomic E-state index is 0.669. The van der Waals surface area contributed by atoms with E-state index in [1.54, 1.807) is 0 Å². The van der Waals surface area contributed by atoms with Crippen molar-refractivity contribution in [3.63, 3.8) is 0 Å². The van der Waals surface area contributed by atoms with Crippen molar-refractivity contribution in [2.24, 2.45) is 0 Å². The highest BCUT2D eigenvalue weighted by Gasteiger charge is 2.27. The number of fused-ring (bicyclic) bond motifs is 8. The summed E-state index contributed by atoms with van der Waals surface area (Å²) in [6.07, 6.45) is 0. The first kappa shape index (κ1) is 23.1. The van der Waals surface area contributed by atoms with Crippen LogP contribution in [0.15, 0.2) is 140 Å². The van der Waals surface area contributed by atoms with Crippen molar-refractivity contribution in [2.45, 2.75) is 0 Å². The molecule has 42 heavy (non-hydrogen) atoms. The summed E-state index contributed by atoms with van der Waals surface area (Å²) in [7, 11) is 0. The molecule has 0 radical (unpaired) electrons. The first-order valence-corrected chi connectivity index (χ1v) is 14.2. The van der Waals surface area contributed by atoms with E-state index in [-0.39, 0.29) is 0 Å². The fourth-order valence-electron chi connectivity index (χ4n) is 6.65. The van der Waals surface area contributed by atoms with Gasteiger partial charge in [-0.15, -0.1) is 0 Å². The maximum atomic E-state index is 5.06. The number of nitrogens with zero attached hydrogens (tertiary/aromatic N) is 3. The van der Waals surface area contributed by atoms with Crippen molar-refractivity contribution in [3.05, 3.63) is 140 Å². The molecule has 3 heteroatoms. The number of aromatic nitrogens is 3. The fraction of sp³-hybridized carbons (Fsp3) is 0. The first-order valence-electron chi connectivity index (χ1n) is 14.2. The second-order valence-corrected chi connectivity index (χ2v) is 10.8. The quantitative estimate of drug-likeness (QED) is 0.212. The summed E-state index contributed by atoms with van der Waals surface area (Å²) in [5.41, 5.74) is 8.10. The van der Waals surface area contributed by atoms with Crippen molar-refractivity contribution in [1.82, 2.24) is 15.0 Å². The normalized spacial score (nSPS) is 11.8. The molecular weight excluding hydrogens is 510 g/mol. The maximum Gasteiger partial charge on any atom is 0.164 e. The zero-order chi connectivity index (χ0) is 27.6. The Balaban J connectivity index is 1.35. The highest BCUT2D eigenvalue weighted by atomic mass is 15.0. The first-order chi connectivity index (χ1) is 20.8. The van der Waals surface area contributed by atoms with Crippen LogP contribution in [0.4, 0.5) is 0 Å². The Morgan fingerprint density at radius 3 is 1.29 bits per heavy atom. The van der Waals surface area contributed by atoms with Gasteiger partial charge in [0, 0.05) is 16.7 Å². The molecule has 0 unspecified atom stereocenters. The molecule has 0 spiro atoms. The molecule has 0 atom stereocenters. The number of benzene rings is 7. The summed E-state index contributed by atoms with van der Waals surface area (Å²) in [5.74, 6) is 2.02. The molecule has 9 rings (SSSR count). The van der Waals surface area contributed by atoms with Gasteiger partial charge in [0.25, 0.3) is 0 Å². The van der Waals surface area contributed by atoms with Crippen LogP contribution in [0.25, 0.3) is 88.7 Å². The predicted molar refractivity (Wildman–Crippen MR) is 173 cm³/mol. The summed E-state index contributed by atoms with van der Waals surface area (Å²) >= 11 is 0. The number of rotatable bonds is 3. The van der Waals surface area contributed by atoms with Crippen LogP contribution in [0, 0.1) is 0 Å². The van der Waals surface area contributed by atoms with Crippen LogP contribution in [-0.4, -0.2) is 15.0 Å². The van der Waals surface area contributed by atoms with Crippen molar-refractivity contribution in [2.75, 3.05) is 0 Å². The standard InChI is InChI=1S/C39H23N3/c1-3-12-24(13-4-1)37-40-38(25-14-5-2-6-15-25)42-39(41-37)31-22-23-33-34-30(31)20-11-21-32(34)35-28-18-9-7-16-26(28)27-17-8-10-19-29(27)36(33)35/h1-23H. The van der Waals surface area contributed by atoms with Crippen LogP contribution in [0.1, 0.15) is 0 Å². The summed E-state index contributed by atoms with van der Waals surface area (Å²) in [6, 6.07) is 49.0. The van der Waals surface area contributed by atoms with Gasteiger partial charge in [0.1, 0.15) is 0 Å². The van der Waals surface area contributed by atoms with E-state index in [9.17, 15) is 0 Å². The lowest BCUT2D eigenvalue weighted by Crippen LogP contribution is -2.00. The third-order valence-corrected chi connectivity index (χ3v) is 8.45. The van der Waals surface area contributed by atoms with Crippen molar-refractivity contribution in [1.29, 1.82) is 0 Å². The van der Waals surface area contributed by atoms with E-state index in [1.807, 2.05) is 60.7 Å². The van der Waals surface area contributed by atoms with E-state index < -0.39 is 0 Å². The maximum absolute atomic E-state index is 5.06. The molecule has 0 fully saturated rings. The van der Waals surface area contributed by atoms with Gasteiger partial charge >= 0.3 is 0 Å². The van der Waals surface area contributed by atoms with E-state index in [0.29, 0.717) is 17.5 Å². The minimum atomic E-state index is 0.669. The monoisotopic (exact) mass is 533 g/mol. The summed E-state index contributed by atoms with van der Waals surface area (Å²) in [5, 5.41) is 7.56. The van der Waals surface area contributed by atoms with Crippen LogP contribution >= 0.6 is 0 Å². The largest absolute Gasteiger partial charge is 0.208 e. The van der Waals surface area contributed by atoms with Gasteiger partial charge in [-0.25, -0.2) is 15.0 Å². The molecule has 8 aromatic rings. The van der Waals surface area contributed by atoms with Gasteiger partial charge in [0.2, 0.25) is 0 Å². The molecule has 0 aliphatic heterocycles. The third kappa shape index (κ3) is 3.31. The smallest absolute Gasteiger partial charge is 0.164 e. The third-order valence-electron chi connectivity index (χ3n) is 8.45. The molecule has 1 aliphatic rings. The Bertz CT molecular complexity index is 2210. The highest BCUT2D eigenvalue weighted by Crippen LogP contribution is 2.54. The lowest BCUT2D eigenvalue weighted by atomic mass is 9.90. The van der Waals surface area contributed by atoms with E-state index >= 15 is 0 Å². The molecule has 0 saturated carbocycles. The minimum Gasteiger partial charge on any atom is -0.208 e. The molecule has 1 heterocycles. The number of hydrogen-bond donors (Lipinski definition) is 0. The van der Waals surface area contributed by atoms with Crippen molar-refractivity contribution >= 4 is 32.3 Å². The Morgan fingerprint density at radius 2 is 0.714 bits per heavy atom. The lowest BCUT2D eigenvalue weighted by molar-refractivity contribution is 1.08. The Labute approximate surface area is 242 Å². The zero-order valence-electron chi connectivity index (χ0n) is 22.6. The van der Waals surface area contributed by atoms with Crippen LogP contribution in [0.3, 0.4) is 0 Å². The van der Waals surface area contributed by atoms with Crippen LogP contribution in [-0.2, 0) is 0 Å². The topological polar surface area (TPSA) is 38.7 Å². The van der Waals surface area contributed by atoms with Gasteiger partial charge in [-0.3, -0.25) is 0 Å². The van der Waals surface area contributed by atoms with Crippen molar-refractivity contribution in [3.8, 4) is 56.4 Å². The van der Waals surface area contributed by atoms with E-state index in [1.165, 1.54) is 49.2 Å².